The number of benzene rings is 3. The van der Waals surface area contributed by atoms with E-state index in [1.54, 1.807) is 74.7 Å². The van der Waals surface area contributed by atoms with E-state index >= 15 is 0 Å². The lowest BCUT2D eigenvalue weighted by Gasteiger charge is -2.32. The predicted octanol–water partition coefficient (Wildman–Crippen LogP) is 6.54. The van der Waals surface area contributed by atoms with Crippen molar-refractivity contribution in [1.29, 1.82) is 0 Å². The summed E-state index contributed by atoms with van der Waals surface area (Å²) in [6, 6.07) is 18.9. The molecule has 1 heterocycles. The Bertz CT molecular complexity index is 1650. The van der Waals surface area contributed by atoms with Crippen molar-refractivity contribution in [2.45, 2.75) is 33.7 Å². The standard InChI is InChI=1S/C36H44N6O5/c1-8-41(9-2)22-21-40(5)34(43)26-13-15-27(16-14-26)38-35-37-20-19-31(39-35)42(36(44)45)33(32-24(3)11-10-12-25(32)4)29-23-28(46-6)17-18-30(29)47-7/h10-20,23,33H,8-9,21-22H2,1-7H3,(H,44,45)(H,37,38,39). The van der Waals surface area contributed by atoms with Gasteiger partial charge in [0.15, 0.2) is 0 Å². The average molecular weight is 641 g/mol. The van der Waals surface area contributed by atoms with Gasteiger partial charge in [0.2, 0.25) is 5.95 Å². The SMILES string of the molecule is CCN(CC)CCN(C)C(=O)c1ccc(Nc2nccc(N(C(=O)O)C(c3cc(OC)ccc3OC)c3c(C)cccc3C)n2)cc1. The molecule has 2 N–H and O–H groups in total. The van der Waals surface area contributed by atoms with Crippen LogP contribution in [0.3, 0.4) is 0 Å². The Labute approximate surface area is 276 Å². The van der Waals surface area contributed by atoms with Crippen LogP contribution in [0.2, 0.25) is 0 Å². The first kappa shape index (κ1) is 34.7. The minimum Gasteiger partial charge on any atom is -0.497 e. The predicted molar refractivity (Wildman–Crippen MR) is 184 cm³/mol. The molecule has 0 aliphatic carbocycles. The number of anilines is 3. The van der Waals surface area contributed by atoms with Crippen LogP contribution in [0.15, 0.2) is 72.9 Å². The fourth-order valence-corrected chi connectivity index (χ4v) is 5.60. The number of hydrogen-bond acceptors (Lipinski definition) is 8. The zero-order valence-corrected chi connectivity index (χ0v) is 28.2. The molecule has 0 saturated carbocycles. The number of carboxylic acid groups (broad SMARTS) is 1. The highest BCUT2D eigenvalue weighted by Crippen LogP contribution is 2.41. The Morgan fingerprint density at radius 2 is 1.60 bits per heavy atom. The molecular formula is C36H44N6O5. The van der Waals surface area contributed by atoms with Crippen molar-refractivity contribution in [3.8, 4) is 11.5 Å². The van der Waals surface area contributed by atoms with Crippen LogP contribution in [-0.2, 0) is 0 Å². The number of hydrogen-bond donors (Lipinski definition) is 2. The normalized spacial score (nSPS) is 11.6. The van der Waals surface area contributed by atoms with E-state index in [1.165, 1.54) is 11.1 Å². The van der Waals surface area contributed by atoms with Gasteiger partial charge in [-0.3, -0.25) is 4.79 Å². The van der Waals surface area contributed by atoms with E-state index in [0.29, 0.717) is 34.9 Å². The van der Waals surface area contributed by atoms with Crippen molar-refractivity contribution >= 4 is 29.5 Å². The molecule has 4 rings (SSSR count). The third kappa shape index (κ3) is 8.17. The molecule has 47 heavy (non-hydrogen) atoms. The van der Waals surface area contributed by atoms with Crippen LogP contribution in [0.25, 0.3) is 0 Å². The van der Waals surface area contributed by atoms with E-state index in [9.17, 15) is 14.7 Å². The van der Waals surface area contributed by atoms with E-state index in [2.05, 4.69) is 34.0 Å². The summed E-state index contributed by atoms with van der Waals surface area (Å²) in [5.41, 5.74) is 4.43. The molecule has 0 aliphatic rings. The van der Waals surface area contributed by atoms with Gasteiger partial charge >= 0.3 is 6.09 Å². The van der Waals surface area contributed by atoms with Gasteiger partial charge in [0.1, 0.15) is 17.3 Å². The van der Waals surface area contributed by atoms with E-state index in [0.717, 1.165) is 36.3 Å². The highest BCUT2D eigenvalue weighted by atomic mass is 16.5. The van der Waals surface area contributed by atoms with E-state index in [1.807, 2.05) is 32.0 Å². The summed E-state index contributed by atoms with van der Waals surface area (Å²) in [5, 5.41) is 13.9. The van der Waals surface area contributed by atoms with Gasteiger partial charge in [0.05, 0.1) is 20.3 Å². The molecule has 11 nitrogen and oxygen atoms in total. The lowest BCUT2D eigenvalue weighted by atomic mass is 9.89. The Morgan fingerprint density at radius 3 is 2.19 bits per heavy atom. The van der Waals surface area contributed by atoms with Crippen LogP contribution in [-0.4, -0.2) is 84.3 Å². The first-order valence-electron chi connectivity index (χ1n) is 15.6. The van der Waals surface area contributed by atoms with Crippen molar-refractivity contribution in [3.63, 3.8) is 0 Å². The van der Waals surface area contributed by atoms with Crippen LogP contribution >= 0.6 is 0 Å². The second kappa shape index (κ2) is 15.9. The number of nitrogens with zero attached hydrogens (tertiary/aromatic N) is 5. The van der Waals surface area contributed by atoms with Gasteiger partial charge in [-0.25, -0.2) is 14.7 Å². The fraction of sp³-hybridized carbons (Fsp3) is 0.333. The van der Waals surface area contributed by atoms with Gasteiger partial charge < -0.3 is 29.7 Å². The van der Waals surface area contributed by atoms with Crippen LogP contribution in [0, 0.1) is 13.8 Å². The molecule has 0 saturated heterocycles. The number of carbonyl (C=O) groups is 2. The Balaban J connectivity index is 1.67. The van der Waals surface area contributed by atoms with E-state index in [-0.39, 0.29) is 17.7 Å². The molecule has 0 radical (unpaired) electrons. The lowest BCUT2D eigenvalue weighted by molar-refractivity contribution is 0.0779. The van der Waals surface area contributed by atoms with Crippen molar-refractivity contribution in [3.05, 3.63) is 101 Å². The summed E-state index contributed by atoms with van der Waals surface area (Å²) >= 11 is 0. The molecule has 1 atom stereocenters. The maximum absolute atomic E-state index is 13.1. The highest BCUT2D eigenvalue weighted by molar-refractivity contribution is 5.94. The van der Waals surface area contributed by atoms with Crippen molar-refractivity contribution in [2.24, 2.45) is 0 Å². The van der Waals surface area contributed by atoms with Crippen LogP contribution < -0.4 is 19.7 Å². The topological polar surface area (TPSA) is 120 Å². The maximum Gasteiger partial charge on any atom is 0.413 e. The smallest absolute Gasteiger partial charge is 0.413 e. The molecule has 0 spiro atoms. The molecule has 2 amide bonds. The third-order valence-corrected chi connectivity index (χ3v) is 8.28. The molecular weight excluding hydrogens is 596 g/mol. The summed E-state index contributed by atoms with van der Waals surface area (Å²) in [6.07, 6.45) is 0.300. The highest BCUT2D eigenvalue weighted by Gasteiger charge is 2.34. The van der Waals surface area contributed by atoms with Crippen molar-refractivity contribution < 1.29 is 24.2 Å². The minimum atomic E-state index is -1.21. The monoisotopic (exact) mass is 640 g/mol. The number of carbonyl (C=O) groups excluding carboxylic acids is 1. The zero-order chi connectivity index (χ0) is 34.1. The maximum atomic E-state index is 13.1. The molecule has 0 fully saturated rings. The average Bonchev–Trinajstić information content (AvgIpc) is 3.07. The third-order valence-electron chi connectivity index (χ3n) is 8.28. The number of aryl methyl sites for hydroxylation is 2. The molecule has 1 aromatic heterocycles. The minimum absolute atomic E-state index is 0.0652. The van der Waals surface area contributed by atoms with Gasteiger partial charge in [-0.2, -0.15) is 4.98 Å². The Hall–Kier alpha value is -5.16. The second-order valence-corrected chi connectivity index (χ2v) is 11.2. The van der Waals surface area contributed by atoms with Crippen molar-refractivity contribution in [2.75, 3.05) is 57.7 Å². The lowest BCUT2D eigenvalue weighted by Crippen LogP contribution is -2.36. The molecule has 0 bridgehead atoms. The zero-order valence-electron chi connectivity index (χ0n) is 28.2. The summed E-state index contributed by atoms with van der Waals surface area (Å²) in [6.45, 7) is 11.4. The molecule has 0 aliphatic heterocycles. The molecule has 3 aromatic carbocycles. The number of likely N-dealkylation sites (N-methyl/N-ethyl adjacent to an activating group) is 2. The summed E-state index contributed by atoms with van der Waals surface area (Å²) < 4.78 is 11.2. The summed E-state index contributed by atoms with van der Waals surface area (Å²) in [5.74, 6) is 1.36. The van der Waals surface area contributed by atoms with Crippen LogP contribution in [0.5, 0.6) is 11.5 Å². The number of rotatable bonds is 14. The number of methoxy groups -OCH3 is 2. The molecule has 11 heteroatoms. The van der Waals surface area contributed by atoms with Crippen LogP contribution in [0.4, 0.5) is 22.2 Å². The van der Waals surface area contributed by atoms with Crippen LogP contribution in [0.1, 0.15) is 52.5 Å². The van der Waals surface area contributed by atoms with E-state index in [4.69, 9.17) is 9.47 Å². The van der Waals surface area contributed by atoms with Gasteiger partial charge in [0, 0.05) is 43.1 Å². The second-order valence-electron chi connectivity index (χ2n) is 11.2. The Morgan fingerprint density at radius 1 is 0.915 bits per heavy atom. The van der Waals surface area contributed by atoms with Gasteiger partial charge in [-0.05, 0) is 92.2 Å². The molecule has 4 aromatic rings. The van der Waals surface area contributed by atoms with E-state index < -0.39 is 12.1 Å². The molecule has 1 unspecified atom stereocenters. The number of nitrogens with one attached hydrogen (secondary N) is 1. The van der Waals surface area contributed by atoms with Crippen molar-refractivity contribution in [1.82, 2.24) is 19.8 Å². The van der Waals surface area contributed by atoms with Gasteiger partial charge in [-0.15, -0.1) is 0 Å². The first-order chi connectivity index (χ1) is 22.6. The largest absolute Gasteiger partial charge is 0.497 e. The quantitative estimate of drug-likeness (QED) is 0.158. The summed E-state index contributed by atoms with van der Waals surface area (Å²) in [4.78, 5) is 40.3. The number of aromatic nitrogens is 2. The Kier molecular flexibility index (Phi) is 11.7. The first-order valence-corrected chi connectivity index (χ1v) is 15.6. The van der Waals surface area contributed by atoms with Gasteiger partial charge in [-0.1, -0.05) is 32.0 Å². The summed E-state index contributed by atoms with van der Waals surface area (Å²) in [7, 11) is 4.91. The molecule has 248 valence electrons. The fourth-order valence-electron chi connectivity index (χ4n) is 5.60. The van der Waals surface area contributed by atoms with Gasteiger partial charge in [0.25, 0.3) is 5.91 Å². The number of amides is 2. The number of ether oxygens (including phenoxy) is 2.